The van der Waals surface area contributed by atoms with E-state index in [0.29, 0.717) is 23.6 Å². The maximum Gasteiger partial charge on any atom is 0.337 e. The Bertz CT molecular complexity index is 506. The van der Waals surface area contributed by atoms with Crippen LogP contribution in [0.4, 0.5) is 0 Å². The van der Waals surface area contributed by atoms with Gasteiger partial charge in [-0.2, -0.15) is 0 Å². The third-order valence-corrected chi connectivity index (χ3v) is 3.92. The number of carbonyl (C=O) groups is 1. The molecule has 0 bridgehead atoms. The van der Waals surface area contributed by atoms with Crippen LogP contribution in [0.3, 0.4) is 0 Å². The van der Waals surface area contributed by atoms with Crippen molar-refractivity contribution in [3.8, 4) is 11.5 Å². The third-order valence-electron chi connectivity index (χ3n) is 3.92. The van der Waals surface area contributed by atoms with E-state index in [1.807, 2.05) is 0 Å². The molecule has 0 saturated carbocycles. The van der Waals surface area contributed by atoms with Gasteiger partial charge in [0.05, 0.1) is 32.9 Å². The van der Waals surface area contributed by atoms with Gasteiger partial charge in [0.2, 0.25) is 0 Å². The van der Waals surface area contributed by atoms with Crippen LogP contribution in [0.2, 0.25) is 0 Å². The lowest BCUT2D eigenvalue weighted by Gasteiger charge is -2.21. The Kier molecular flexibility index (Phi) is 9.19. The van der Waals surface area contributed by atoms with E-state index in [0.717, 1.165) is 25.9 Å². The van der Waals surface area contributed by atoms with Gasteiger partial charge in [0, 0.05) is 0 Å². The monoisotopic (exact) mass is 340 g/mol. The zero-order chi connectivity index (χ0) is 17.9. The number of aliphatic hydroxyl groups is 1. The zero-order valence-corrected chi connectivity index (χ0v) is 15.1. The van der Waals surface area contributed by atoms with E-state index in [2.05, 4.69) is 18.6 Å². The normalized spacial score (nSPS) is 13.2. The molecule has 1 unspecified atom stereocenters. The molecular weight excluding hydrogens is 310 g/mol. The molecule has 0 spiro atoms. The predicted octanol–water partition coefficient (Wildman–Crippen LogP) is 0.926. The molecule has 0 fully saturated rings. The molecule has 0 aromatic heterocycles. The lowest BCUT2D eigenvalue weighted by molar-refractivity contribution is -0.901. The van der Waals surface area contributed by atoms with Gasteiger partial charge in [0.25, 0.3) is 0 Å². The fourth-order valence-corrected chi connectivity index (χ4v) is 2.46. The lowest BCUT2D eigenvalue weighted by Crippen LogP contribution is -3.13. The summed E-state index contributed by atoms with van der Waals surface area (Å²) in [5.74, 6) is 0.504. The first-order chi connectivity index (χ1) is 11.5. The quantitative estimate of drug-likeness (QED) is 0.587. The average molecular weight is 340 g/mol. The Labute approximate surface area is 144 Å². The molecule has 1 aromatic carbocycles. The van der Waals surface area contributed by atoms with E-state index in [4.69, 9.17) is 9.47 Å². The van der Waals surface area contributed by atoms with Gasteiger partial charge >= 0.3 is 5.97 Å². The lowest BCUT2D eigenvalue weighted by atomic mass is 10.2. The highest BCUT2D eigenvalue weighted by Gasteiger charge is 2.16. The number of ether oxygens (including phenoxy) is 3. The van der Waals surface area contributed by atoms with E-state index in [-0.39, 0.29) is 6.61 Å². The van der Waals surface area contributed by atoms with E-state index < -0.39 is 12.1 Å². The number of nitrogens with one attached hydrogen (secondary N) is 1. The van der Waals surface area contributed by atoms with E-state index in [1.165, 1.54) is 19.1 Å². The molecule has 0 aliphatic rings. The van der Waals surface area contributed by atoms with Gasteiger partial charge in [-0.05, 0) is 31.5 Å². The molecule has 0 saturated heterocycles. The van der Waals surface area contributed by atoms with Gasteiger partial charge in [-0.3, -0.25) is 0 Å². The summed E-state index contributed by atoms with van der Waals surface area (Å²) in [4.78, 5) is 12.9. The van der Waals surface area contributed by atoms with Crippen LogP contribution in [0.5, 0.6) is 11.5 Å². The Balaban J connectivity index is 2.61. The number of quaternary nitrogens is 1. The molecule has 6 heteroatoms. The molecule has 6 nitrogen and oxygen atoms in total. The van der Waals surface area contributed by atoms with Gasteiger partial charge < -0.3 is 24.2 Å². The number of esters is 1. The van der Waals surface area contributed by atoms with E-state index >= 15 is 0 Å². The number of likely N-dealkylation sites (N-methyl/N-ethyl adjacent to an activating group) is 1. The SMILES string of the molecule is CCCC[NH+](CC)C[C@H](O)COc1ccc(C(=O)OC)cc1OC. The summed E-state index contributed by atoms with van der Waals surface area (Å²) < 4.78 is 15.6. The van der Waals surface area contributed by atoms with Crippen LogP contribution in [-0.2, 0) is 4.74 Å². The van der Waals surface area contributed by atoms with Crippen molar-refractivity contribution in [1.29, 1.82) is 0 Å². The topological polar surface area (TPSA) is 69.4 Å². The molecule has 24 heavy (non-hydrogen) atoms. The Morgan fingerprint density at radius 2 is 2.00 bits per heavy atom. The first-order valence-electron chi connectivity index (χ1n) is 8.46. The first kappa shape index (κ1) is 20.3. The minimum Gasteiger partial charge on any atom is -0.493 e. The molecule has 0 radical (unpaired) electrons. The highest BCUT2D eigenvalue weighted by Crippen LogP contribution is 2.28. The zero-order valence-electron chi connectivity index (χ0n) is 15.1. The molecule has 0 heterocycles. The van der Waals surface area contributed by atoms with Crippen LogP contribution in [0.15, 0.2) is 18.2 Å². The number of unbranched alkanes of at least 4 members (excludes halogenated alkanes) is 1. The molecule has 1 rings (SSSR count). The summed E-state index contributed by atoms with van der Waals surface area (Å²) in [5, 5.41) is 10.2. The minimum atomic E-state index is -0.554. The van der Waals surface area contributed by atoms with E-state index in [1.54, 1.807) is 18.2 Å². The second-order valence-corrected chi connectivity index (χ2v) is 5.73. The highest BCUT2D eigenvalue weighted by molar-refractivity contribution is 5.90. The molecule has 2 atom stereocenters. The molecule has 0 aliphatic carbocycles. The van der Waals surface area contributed by atoms with Gasteiger partial charge in [-0.25, -0.2) is 4.79 Å². The standard InChI is InChI=1S/C18H29NO5/c1-5-7-10-19(6-2)12-15(20)13-24-16-9-8-14(18(21)23-4)11-17(16)22-3/h8-9,11,15,20H,5-7,10,12-13H2,1-4H3/p+1/t15-/m0/s1. The van der Waals surface area contributed by atoms with Crippen molar-refractivity contribution < 1.29 is 29.0 Å². The summed E-state index contributed by atoms with van der Waals surface area (Å²) in [6.45, 7) is 7.16. The van der Waals surface area contributed by atoms with E-state index in [9.17, 15) is 9.90 Å². The molecule has 2 N–H and O–H groups in total. The van der Waals surface area contributed by atoms with Crippen LogP contribution >= 0.6 is 0 Å². The highest BCUT2D eigenvalue weighted by atomic mass is 16.5. The number of hydrogen-bond acceptors (Lipinski definition) is 5. The molecule has 1 aromatic rings. The summed E-state index contributed by atoms with van der Waals surface area (Å²) in [6, 6.07) is 4.83. The predicted molar refractivity (Wildman–Crippen MR) is 92.0 cm³/mol. The van der Waals surface area contributed by atoms with Crippen LogP contribution < -0.4 is 14.4 Å². The fraction of sp³-hybridized carbons (Fsp3) is 0.611. The summed E-state index contributed by atoms with van der Waals surface area (Å²) in [5.41, 5.74) is 0.392. The van der Waals surface area contributed by atoms with Crippen LogP contribution in [0.1, 0.15) is 37.0 Å². The molecule has 0 aliphatic heterocycles. The number of methoxy groups -OCH3 is 2. The average Bonchev–Trinajstić information content (AvgIpc) is 2.62. The first-order valence-corrected chi connectivity index (χ1v) is 8.46. The fourth-order valence-electron chi connectivity index (χ4n) is 2.46. The Hall–Kier alpha value is -1.79. The number of rotatable bonds is 11. The maximum absolute atomic E-state index is 11.5. The third kappa shape index (κ3) is 6.37. The van der Waals surface area contributed by atoms with Crippen molar-refractivity contribution in [2.75, 3.05) is 40.5 Å². The van der Waals surface area contributed by atoms with Crippen molar-refractivity contribution in [2.24, 2.45) is 0 Å². The summed E-state index contributed by atoms with van der Waals surface area (Å²) in [6.07, 6.45) is 1.75. The second kappa shape index (κ2) is 10.9. The molecular formula is C18H30NO5+. The van der Waals surface area contributed by atoms with Gasteiger partial charge in [-0.15, -0.1) is 0 Å². The van der Waals surface area contributed by atoms with Crippen molar-refractivity contribution in [3.05, 3.63) is 23.8 Å². The van der Waals surface area contributed by atoms with Gasteiger partial charge in [0.15, 0.2) is 11.5 Å². The van der Waals surface area contributed by atoms with Crippen molar-refractivity contribution in [2.45, 2.75) is 32.8 Å². The summed E-state index contributed by atoms with van der Waals surface area (Å²) >= 11 is 0. The Morgan fingerprint density at radius 3 is 2.58 bits per heavy atom. The van der Waals surface area contributed by atoms with Gasteiger partial charge in [-0.1, -0.05) is 13.3 Å². The van der Waals surface area contributed by atoms with Crippen molar-refractivity contribution >= 4 is 5.97 Å². The van der Waals surface area contributed by atoms with Gasteiger partial charge in [0.1, 0.15) is 19.3 Å². The Morgan fingerprint density at radius 1 is 1.25 bits per heavy atom. The number of hydrogen-bond donors (Lipinski definition) is 2. The smallest absolute Gasteiger partial charge is 0.337 e. The van der Waals surface area contributed by atoms with Crippen molar-refractivity contribution in [3.63, 3.8) is 0 Å². The molecule has 0 amide bonds. The number of benzene rings is 1. The van der Waals surface area contributed by atoms with Crippen LogP contribution in [0, 0.1) is 0 Å². The van der Waals surface area contributed by atoms with Crippen LogP contribution in [-0.4, -0.2) is 57.6 Å². The minimum absolute atomic E-state index is 0.184. The number of aliphatic hydroxyl groups excluding tert-OH is 1. The summed E-state index contributed by atoms with van der Waals surface area (Å²) in [7, 11) is 2.84. The molecule has 136 valence electrons. The largest absolute Gasteiger partial charge is 0.493 e. The van der Waals surface area contributed by atoms with Crippen molar-refractivity contribution in [1.82, 2.24) is 0 Å². The van der Waals surface area contributed by atoms with Crippen LogP contribution in [0.25, 0.3) is 0 Å². The number of carbonyl (C=O) groups excluding carboxylic acids is 1. The second-order valence-electron chi connectivity index (χ2n) is 5.73. The maximum atomic E-state index is 11.5.